The summed E-state index contributed by atoms with van der Waals surface area (Å²) in [5.41, 5.74) is 8.83. The fraction of sp³-hybridized carbons (Fsp3) is 0.333. The van der Waals surface area contributed by atoms with Crippen molar-refractivity contribution in [3.8, 4) is 11.4 Å². The van der Waals surface area contributed by atoms with Gasteiger partial charge >= 0.3 is 0 Å². The number of aryl methyl sites for hydroxylation is 1. The maximum atomic E-state index is 5.83. The second kappa shape index (κ2) is 7.09. The molecule has 134 valence electrons. The smallest absolute Gasteiger partial charge is 0.246 e. The third-order valence-corrected chi connectivity index (χ3v) is 4.31. The Hall–Kier alpha value is -3.00. The van der Waals surface area contributed by atoms with Crippen LogP contribution in [0.25, 0.3) is 11.4 Å². The normalized spacial score (nSPS) is 16.7. The molecule has 0 amide bonds. The summed E-state index contributed by atoms with van der Waals surface area (Å²) in [6.45, 7) is 3.81. The molecular weight excluding hydrogens is 332 g/mol. The van der Waals surface area contributed by atoms with E-state index in [4.69, 9.17) is 15.0 Å². The van der Waals surface area contributed by atoms with Gasteiger partial charge in [-0.3, -0.25) is 0 Å². The Bertz CT molecular complexity index is 887. The molecule has 2 aromatic heterocycles. The second-order valence-corrected chi connectivity index (χ2v) is 6.33. The number of nitrogens with zero attached hydrogens (tertiary/aromatic N) is 4. The zero-order chi connectivity index (χ0) is 17.9. The molecule has 0 bridgehead atoms. The van der Waals surface area contributed by atoms with Crippen LogP contribution in [0, 0.1) is 6.92 Å². The number of ether oxygens (including phenoxy) is 1. The summed E-state index contributed by atoms with van der Waals surface area (Å²) in [5, 5.41) is 7.20. The maximum Gasteiger partial charge on any atom is 0.246 e. The van der Waals surface area contributed by atoms with Crippen LogP contribution >= 0.6 is 0 Å². The molecule has 0 radical (unpaired) electrons. The van der Waals surface area contributed by atoms with Crippen molar-refractivity contribution < 1.29 is 9.26 Å². The number of aromatic nitrogens is 4. The topological polar surface area (TPSA) is 112 Å². The number of anilines is 2. The number of benzene rings is 1. The Morgan fingerprint density at radius 2 is 2.04 bits per heavy atom. The average molecular weight is 352 g/mol. The van der Waals surface area contributed by atoms with E-state index < -0.39 is 0 Å². The van der Waals surface area contributed by atoms with Crippen LogP contribution in [0.4, 0.5) is 11.8 Å². The highest BCUT2D eigenvalue weighted by atomic mass is 16.5. The first kappa shape index (κ1) is 16.5. The molecule has 0 saturated carbocycles. The summed E-state index contributed by atoms with van der Waals surface area (Å²) in [4.78, 5) is 12.9. The molecule has 0 spiro atoms. The van der Waals surface area contributed by atoms with Gasteiger partial charge in [-0.2, -0.15) is 9.97 Å². The zero-order valence-electron chi connectivity index (χ0n) is 14.5. The van der Waals surface area contributed by atoms with Gasteiger partial charge in [-0.15, -0.1) is 0 Å². The fourth-order valence-electron chi connectivity index (χ4n) is 2.87. The largest absolute Gasteiger partial charge is 0.381 e. The minimum atomic E-state index is 0.239. The number of hydrogen-bond acceptors (Lipinski definition) is 8. The van der Waals surface area contributed by atoms with Crippen molar-refractivity contribution in [2.75, 3.05) is 24.3 Å². The molecular formula is C18H20N6O2. The van der Waals surface area contributed by atoms with Crippen LogP contribution < -0.4 is 11.1 Å². The van der Waals surface area contributed by atoms with Crippen molar-refractivity contribution in [2.24, 2.45) is 0 Å². The summed E-state index contributed by atoms with van der Waals surface area (Å²) in [7, 11) is 0. The molecule has 1 aliphatic heterocycles. The van der Waals surface area contributed by atoms with Gasteiger partial charge in [-0.1, -0.05) is 35.0 Å². The Balaban J connectivity index is 1.45. The zero-order valence-corrected chi connectivity index (χ0v) is 14.5. The van der Waals surface area contributed by atoms with Gasteiger partial charge in [0.05, 0.1) is 18.8 Å². The van der Waals surface area contributed by atoms with Crippen LogP contribution in [0.2, 0.25) is 0 Å². The molecule has 3 heterocycles. The lowest BCUT2D eigenvalue weighted by Gasteiger charge is -2.10. The molecule has 4 rings (SSSR count). The highest BCUT2D eigenvalue weighted by Crippen LogP contribution is 2.25. The van der Waals surface area contributed by atoms with Crippen LogP contribution in [-0.2, 0) is 11.3 Å². The molecule has 8 nitrogen and oxygen atoms in total. The Kier molecular flexibility index (Phi) is 4.49. The highest BCUT2D eigenvalue weighted by molar-refractivity contribution is 5.54. The SMILES string of the molecule is Cc1ccc(-c2noc(CNc3cc([C@H]4CCOC4)nc(N)n3)n2)cc1. The molecule has 3 N–H and O–H groups in total. The first-order chi connectivity index (χ1) is 12.7. The summed E-state index contributed by atoms with van der Waals surface area (Å²) < 4.78 is 10.7. The second-order valence-electron chi connectivity index (χ2n) is 6.33. The summed E-state index contributed by atoms with van der Waals surface area (Å²) in [6.07, 6.45) is 0.944. The van der Waals surface area contributed by atoms with Gasteiger partial charge in [0.25, 0.3) is 0 Å². The van der Waals surface area contributed by atoms with E-state index in [-0.39, 0.29) is 11.9 Å². The predicted molar refractivity (Wildman–Crippen MR) is 96.4 cm³/mol. The first-order valence-corrected chi connectivity index (χ1v) is 8.53. The van der Waals surface area contributed by atoms with E-state index in [1.54, 1.807) is 0 Å². The lowest BCUT2D eigenvalue weighted by Crippen LogP contribution is -2.09. The van der Waals surface area contributed by atoms with Crippen LogP contribution in [-0.4, -0.2) is 33.3 Å². The molecule has 26 heavy (non-hydrogen) atoms. The average Bonchev–Trinajstić information content (AvgIpc) is 3.32. The summed E-state index contributed by atoms with van der Waals surface area (Å²) in [5.74, 6) is 2.17. The number of rotatable bonds is 5. The van der Waals surface area contributed by atoms with Crippen LogP contribution in [0.15, 0.2) is 34.9 Å². The molecule has 1 aliphatic rings. The number of nitrogen functional groups attached to an aromatic ring is 1. The van der Waals surface area contributed by atoms with Crippen molar-refractivity contribution in [2.45, 2.75) is 25.8 Å². The van der Waals surface area contributed by atoms with Gasteiger partial charge < -0.3 is 20.3 Å². The van der Waals surface area contributed by atoms with Crippen LogP contribution in [0.1, 0.15) is 29.5 Å². The quantitative estimate of drug-likeness (QED) is 0.720. The molecule has 3 aromatic rings. The van der Waals surface area contributed by atoms with E-state index in [1.807, 2.05) is 37.3 Å². The van der Waals surface area contributed by atoms with Gasteiger partial charge in [0.1, 0.15) is 5.82 Å². The van der Waals surface area contributed by atoms with Crippen molar-refractivity contribution in [1.29, 1.82) is 0 Å². The Labute approximate surface area is 150 Å². The molecule has 8 heteroatoms. The van der Waals surface area contributed by atoms with Gasteiger partial charge in [0, 0.05) is 24.2 Å². The lowest BCUT2D eigenvalue weighted by molar-refractivity contribution is 0.193. The van der Waals surface area contributed by atoms with Gasteiger partial charge in [-0.25, -0.2) is 4.98 Å². The summed E-state index contributed by atoms with van der Waals surface area (Å²) >= 11 is 0. The minimum absolute atomic E-state index is 0.239. The van der Waals surface area contributed by atoms with Gasteiger partial charge in [0.15, 0.2) is 0 Å². The minimum Gasteiger partial charge on any atom is -0.381 e. The van der Waals surface area contributed by atoms with E-state index in [0.717, 1.165) is 24.3 Å². The first-order valence-electron chi connectivity index (χ1n) is 8.53. The standard InChI is InChI=1S/C18H20N6O2/c1-11-2-4-12(5-3-11)17-23-16(26-24-17)9-20-15-8-14(21-18(19)22-15)13-6-7-25-10-13/h2-5,8,13H,6-7,9-10H2,1H3,(H3,19,20,21,22)/t13-/m0/s1. The molecule has 1 aromatic carbocycles. The molecule has 0 unspecified atom stereocenters. The van der Waals surface area contributed by atoms with Crippen molar-refractivity contribution in [3.05, 3.63) is 47.5 Å². The fourth-order valence-corrected chi connectivity index (χ4v) is 2.87. The molecule has 0 aliphatic carbocycles. The third-order valence-electron chi connectivity index (χ3n) is 4.31. The monoisotopic (exact) mass is 352 g/mol. The Morgan fingerprint density at radius 1 is 1.19 bits per heavy atom. The molecule has 1 atom stereocenters. The van der Waals surface area contributed by atoms with Crippen molar-refractivity contribution >= 4 is 11.8 Å². The lowest BCUT2D eigenvalue weighted by atomic mass is 10.0. The highest BCUT2D eigenvalue weighted by Gasteiger charge is 2.20. The Morgan fingerprint density at radius 3 is 2.81 bits per heavy atom. The maximum absolute atomic E-state index is 5.83. The number of nitrogens with one attached hydrogen (secondary N) is 1. The number of hydrogen-bond donors (Lipinski definition) is 2. The molecule has 1 saturated heterocycles. The van der Waals surface area contributed by atoms with Crippen LogP contribution in [0.5, 0.6) is 0 Å². The van der Waals surface area contributed by atoms with Crippen molar-refractivity contribution in [3.63, 3.8) is 0 Å². The third kappa shape index (κ3) is 3.65. The summed E-state index contributed by atoms with van der Waals surface area (Å²) in [6, 6.07) is 9.87. The van der Waals surface area contributed by atoms with E-state index in [0.29, 0.717) is 30.7 Å². The van der Waals surface area contributed by atoms with E-state index in [2.05, 4.69) is 25.4 Å². The molecule has 1 fully saturated rings. The van der Waals surface area contributed by atoms with E-state index in [1.165, 1.54) is 5.56 Å². The van der Waals surface area contributed by atoms with Crippen LogP contribution in [0.3, 0.4) is 0 Å². The van der Waals surface area contributed by atoms with E-state index >= 15 is 0 Å². The van der Waals surface area contributed by atoms with Crippen molar-refractivity contribution in [1.82, 2.24) is 20.1 Å². The predicted octanol–water partition coefficient (Wildman–Crippen LogP) is 2.53. The van der Waals surface area contributed by atoms with Gasteiger partial charge in [-0.05, 0) is 13.3 Å². The number of nitrogens with two attached hydrogens (primary N) is 1. The van der Waals surface area contributed by atoms with E-state index in [9.17, 15) is 0 Å². The van der Waals surface area contributed by atoms with Gasteiger partial charge in [0.2, 0.25) is 17.7 Å².